The van der Waals surface area contributed by atoms with Crippen molar-refractivity contribution in [2.45, 2.75) is 63.2 Å². The molecule has 240 valence electrons. The molecule has 3 aliphatic heterocycles. The lowest BCUT2D eigenvalue weighted by Gasteiger charge is -2.27. The number of rotatable bonds is 6. The number of aliphatic imine (C=N–C) groups is 1. The number of benzene rings is 2. The standard InChI is InChI=1S/C32H31F3N6O5/c1-31(2,30(46)37-23-8-5-18(32(33,34)35)11-21(23)16-3-4-16)39-24-15-40(14-17(24)13-36)19-6-7-20-22(12-19)29(45)41(28(20)44)25-9-10-26(42)38-27(25)43/h5-8,11-13,16,25H,3-4,9-10,14-15,36H2,1-2H3,(H,37,46)(H,38,42,43). The van der Waals surface area contributed by atoms with Gasteiger partial charge in [-0.1, -0.05) is 0 Å². The minimum atomic E-state index is -4.49. The van der Waals surface area contributed by atoms with Crippen molar-refractivity contribution in [3.63, 3.8) is 0 Å². The Morgan fingerprint density at radius 2 is 1.72 bits per heavy atom. The number of nitrogens with zero attached hydrogens (tertiary/aromatic N) is 3. The first-order valence-electron chi connectivity index (χ1n) is 14.8. The number of nitrogens with two attached hydrogens (primary N) is 1. The second kappa shape index (κ2) is 11.1. The third-order valence-corrected chi connectivity index (χ3v) is 8.68. The van der Waals surface area contributed by atoms with Crippen molar-refractivity contribution in [1.29, 1.82) is 0 Å². The number of amides is 5. The molecule has 2 aromatic carbocycles. The van der Waals surface area contributed by atoms with Gasteiger partial charge in [0, 0.05) is 36.1 Å². The molecule has 5 amide bonds. The molecule has 1 aliphatic carbocycles. The second-order valence-electron chi connectivity index (χ2n) is 12.4. The Morgan fingerprint density at radius 3 is 2.37 bits per heavy atom. The van der Waals surface area contributed by atoms with Crippen LogP contribution >= 0.6 is 0 Å². The first kappa shape index (κ1) is 31.0. The number of fused-ring (bicyclic) bond motifs is 1. The van der Waals surface area contributed by atoms with E-state index in [-0.39, 0.29) is 43.0 Å². The average Bonchev–Trinajstić information content (AvgIpc) is 3.72. The maximum Gasteiger partial charge on any atom is 0.416 e. The largest absolute Gasteiger partial charge is 0.416 e. The van der Waals surface area contributed by atoms with Gasteiger partial charge in [0.2, 0.25) is 11.8 Å². The first-order valence-corrected chi connectivity index (χ1v) is 14.8. The summed E-state index contributed by atoms with van der Waals surface area (Å²) in [6.45, 7) is 3.69. The van der Waals surface area contributed by atoms with Crippen molar-refractivity contribution in [3.05, 3.63) is 70.4 Å². The quantitative estimate of drug-likeness (QED) is 0.410. The van der Waals surface area contributed by atoms with Crippen molar-refractivity contribution in [2.24, 2.45) is 10.7 Å². The van der Waals surface area contributed by atoms with E-state index in [0.717, 1.165) is 29.9 Å². The van der Waals surface area contributed by atoms with E-state index < -0.39 is 52.9 Å². The van der Waals surface area contributed by atoms with E-state index in [1.807, 2.05) is 4.90 Å². The Labute approximate surface area is 261 Å². The summed E-state index contributed by atoms with van der Waals surface area (Å²) >= 11 is 0. The van der Waals surface area contributed by atoms with Crippen LogP contribution in [0.4, 0.5) is 24.5 Å². The lowest BCUT2D eigenvalue weighted by molar-refractivity contribution is -0.138. The lowest BCUT2D eigenvalue weighted by Crippen LogP contribution is -2.54. The van der Waals surface area contributed by atoms with E-state index in [1.54, 1.807) is 26.0 Å². The number of anilines is 2. The zero-order valence-corrected chi connectivity index (χ0v) is 25.0. The highest BCUT2D eigenvalue weighted by molar-refractivity contribution is 6.24. The molecule has 0 radical (unpaired) electrons. The number of hydrogen-bond donors (Lipinski definition) is 3. The Morgan fingerprint density at radius 1 is 1.00 bits per heavy atom. The van der Waals surface area contributed by atoms with E-state index in [2.05, 4.69) is 10.6 Å². The van der Waals surface area contributed by atoms with Crippen LogP contribution in [0.25, 0.3) is 0 Å². The smallest absolute Gasteiger partial charge is 0.404 e. The van der Waals surface area contributed by atoms with E-state index in [4.69, 9.17) is 10.7 Å². The maximum atomic E-state index is 13.4. The second-order valence-corrected chi connectivity index (χ2v) is 12.4. The van der Waals surface area contributed by atoms with Crippen LogP contribution in [0.1, 0.15) is 77.3 Å². The van der Waals surface area contributed by atoms with E-state index >= 15 is 0 Å². The predicted octanol–water partition coefficient (Wildman–Crippen LogP) is 3.50. The molecule has 1 unspecified atom stereocenters. The van der Waals surface area contributed by atoms with Crippen LogP contribution < -0.4 is 21.3 Å². The predicted molar refractivity (Wildman–Crippen MR) is 161 cm³/mol. The molecule has 14 heteroatoms. The summed E-state index contributed by atoms with van der Waals surface area (Å²) in [4.78, 5) is 71.2. The summed E-state index contributed by atoms with van der Waals surface area (Å²) < 4.78 is 40.0. The van der Waals surface area contributed by atoms with Gasteiger partial charge in [-0.15, -0.1) is 0 Å². The SMILES string of the molecule is CC(C)(N=C1CN(c2ccc3c(c2)C(=O)N(C2CCC(=O)NC2=O)C3=O)CC1=CN)C(=O)Nc1ccc(C(F)(F)F)cc1C1CC1. The summed E-state index contributed by atoms with van der Waals surface area (Å²) in [6.07, 6.45) is -1.57. The number of carbonyl (C=O) groups excluding carboxylic acids is 5. The number of carbonyl (C=O) groups is 5. The van der Waals surface area contributed by atoms with Gasteiger partial charge in [-0.05, 0) is 81.0 Å². The molecule has 2 aromatic rings. The topological polar surface area (TPSA) is 154 Å². The van der Waals surface area contributed by atoms with Gasteiger partial charge in [0.05, 0.1) is 28.9 Å². The Kier molecular flexibility index (Phi) is 7.48. The maximum absolute atomic E-state index is 13.4. The molecule has 4 aliphatic rings. The van der Waals surface area contributed by atoms with Gasteiger partial charge in [0.1, 0.15) is 11.6 Å². The minimum absolute atomic E-state index is 0.0134. The van der Waals surface area contributed by atoms with Crippen molar-refractivity contribution in [2.75, 3.05) is 23.3 Å². The monoisotopic (exact) mass is 636 g/mol. The van der Waals surface area contributed by atoms with Crippen LogP contribution in [0.5, 0.6) is 0 Å². The fourth-order valence-corrected chi connectivity index (χ4v) is 5.98. The number of hydrogen-bond acceptors (Lipinski definition) is 8. The van der Waals surface area contributed by atoms with Gasteiger partial charge < -0.3 is 16.0 Å². The summed E-state index contributed by atoms with van der Waals surface area (Å²) in [5.41, 5.74) is 6.57. The number of nitrogens with one attached hydrogen (secondary N) is 2. The minimum Gasteiger partial charge on any atom is -0.404 e. The first-order chi connectivity index (χ1) is 21.7. The van der Waals surface area contributed by atoms with Gasteiger partial charge in [0.25, 0.3) is 17.7 Å². The van der Waals surface area contributed by atoms with Gasteiger partial charge in [0.15, 0.2) is 0 Å². The van der Waals surface area contributed by atoms with Crippen LogP contribution in [-0.2, 0) is 20.6 Å². The molecule has 3 heterocycles. The summed E-state index contributed by atoms with van der Waals surface area (Å²) in [7, 11) is 0. The van der Waals surface area contributed by atoms with Gasteiger partial charge in [-0.25, -0.2) is 0 Å². The Hall–Kier alpha value is -5.01. The number of piperidine rings is 1. The number of imide groups is 2. The van der Waals surface area contributed by atoms with Crippen LogP contribution in [0.15, 0.2) is 53.2 Å². The lowest BCUT2D eigenvalue weighted by atomic mass is 10.0. The van der Waals surface area contributed by atoms with Gasteiger partial charge in [-0.3, -0.25) is 39.2 Å². The molecule has 3 fully saturated rings. The van der Waals surface area contributed by atoms with E-state index in [1.165, 1.54) is 18.3 Å². The van der Waals surface area contributed by atoms with E-state index in [0.29, 0.717) is 28.2 Å². The summed E-state index contributed by atoms with van der Waals surface area (Å²) in [5.74, 6) is -2.96. The molecule has 1 atom stereocenters. The molecule has 11 nitrogen and oxygen atoms in total. The Balaban J connectivity index is 1.20. The molecular formula is C32H31F3N6O5. The highest BCUT2D eigenvalue weighted by atomic mass is 19.4. The summed E-state index contributed by atoms with van der Waals surface area (Å²) in [6, 6.07) is 6.97. The zero-order valence-electron chi connectivity index (χ0n) is 25.0. The fourth-order valence-electron chi connectivity index (χ4n) is 5.98. The molecule has 1 saturated carbocycles. The van der Waals surface area contributed by atoms with E-state index in [9.17, 15) is 37.1 Å². The van der Waals surface area contributed by atoms with Gasteiger partial charge >= 0.3 is 6.18 Å². The highest BCUT2D eigenvalue weighted by Gasteiger charge is 2.45. The van der Waals surface area contributed by atoms with Gasteiger partial charge in [-0.2, -0.15) is 13.2 Å². The molecule has 2 saturated heterocycles. The molecule has 0 bridgehead atoms. The van der Waals surface area contributed by atoms with Crippen molar-refractivity contribution >= 4 is 46.6 Å². The number of alkyl halides is 3. The van der Waals surface area contributed by atoms with Crippen LogP contribution in [0.3, 0.4) is 0 Å². The summed E-state index contributed by atoms with van der Waals surface area (Å²) in [5, 5.41) is 4.95. The van der Waals surface area contributed by atoms with Crippen LogP contribution in [0.2, 0.25) is 0 Å². The normalized spacial score (nSPS) is 22.2. The molecule has 0 aromatic heterocycles. The van der Waals surface area contributed by atoms with Crippen molar-refractivity contribution in [1.82, 2.24) is 10.2 Å². The van der Waals surface area contributed by atoms with Crippen LogP contribution in [-0.4, -0.2) is 64.8 Å². The third kappa shape index (κ3) is 5.63. The highest BCUT2D eigenvalue weighted by Crippen LogP contribution is 2.45. The zero-order chi connectivity index (χ0) is 33.1. The molecule has 4 N–H and O–H groups in total. The molecule has 6 rings (SSSR count). The molecule has 46 heavy (non-hydrogen) atoms. The number of halogens is 3. The van der Waals surface area contributed by atoms with Crippen molar-refractivity contribution < 1.29 is 37.1 Å². The molecule has 0 spiro atoms. The molecular weight excluding hydrogens is 605 g/mol. The third-order valence-electron chi connectivity index (χ3n) is 8.68. The van der Waals surface area contributed by atoms with Crippen molar-refractivity contribution in [3.8, 4) is 0 Å². The average molecular weight is 637 g/mol. The fraction of sp³-hybridized carbons (Fsp3) is 0.375. The Bertz CT molecular complexity index is 1760. The van der Waals surface area contributed by atoms with Crippen LogP contribution in [0, 0.1) is 0 Å².